The minimum absolute atomic E-state index is 0.226. The lowest BCUT2D eigenvalue weighted by Crippen LogP contribution is -2.56. The van der Waals surface area contributed by atoms with Gasteiger partial charge in [-0.15, -0.1) is 0 Å². The van der Waals surface area contributed by atoms with E-state index in [1.807, 2.05) is 72.8 Å². The second kappa shape index (κ2) is 12.7. The molecule has 194 valence electrons. The number of nitrogens with one attached hydrogen (secondary N) is 1. The summed E-state index contributed by atoms with van der Waals surface area (Å²) < 4.78 is 5.36. The predicted octanol–water partition coefficient (Wildman–Crippen LogP) is 3.54. The molecular formula is C29H32N2O5S. The number of carboxylic acids is 1. The zero-order chi connectivity index (χ0) is 26.2. The van der Waals surface area contributed by atoms with E-state index in [9.17, 15) is 19.5 Å². The van der Waals surface area contributed by atoms with Gasteiger partial charge >= 0.3 is 11.9 Å². The van der Waals surface area contributed by atoms with Crippen LogP contribution < -0.4 is 5.32 Å². The maximum Gasteiger partial charge on any atom is 0.323 e. The number of carboxylic acid groups (broad SMARTS) is 1. The van der Waals surface area contributed by atoms with Crippen molar-refractivity contribution in [2.24, 2.45) is 0 Å². The Morgan fingerprint density at radius 1 is 1.05 bits per heavy atom. The van der Waals surface area contributed by atoms with Crippen LogP contribution in [-0.2, 0) is 32.0 Å². The summed E-state index contributed by atoms with van der Waals surface area (Å²) in [6.45, 7) is 1.59. The summed E-state index contributed by atoms with van der Waals surface area (Å²) in [6.07, 6.45) is 0.915. The Bertz CT molecular complexity index is 1230. The fourth-order valence-electron chi connectivity index (χ4n) is 4.78. The van der Waals surface area contributed by atoms with E-state index in [0.29, 0.717) is 24.3 Å². The highest BCUT2D eigenvalue weighted by Crippen LogP contribution is 2.23. The number of aliphatic carboxylic acids is 1. The van der Waals surface area contributed by atoms with Crippen LogP contribution in [0.2, 0.25) is 0 Å². The number of carbonyl (C=O) groups is 3. The Balaban J connectivity index is 1.58. The Labute approximate surface area is 221 Å². The van der Waals surface area contributed by atoms with Gasteiger partial charge in [-0.05, 0) is 41.7 Å². The molecule has 0 bridgehead atoms. The lowest BCUT2D eigenvalue weighted by molar-refractivity contribution is -0.148. The molecule has 3 unspecified atom stereocenters. The van der Waals surface area contributed by atoms with E-state index in [1.54, 1.807) is 18.7 Å². The van der Waals surface area contributed by atoms with E-state index in [4.69, 9.17) is 4.74 Å². The van der Waals surface area contributed by atoms with E-state index < -0.39 is 24.0 Å². The number of benzene rings is 3. The second-order valence-electron chi connectivity index (χ2n) is 9.11. The van der Waals surface area contributed by atoms with Gasteiger partial charge in [-0.3, -0.25) is 19.7 Å². The average molecular weight is 521 g/mol. The number of hydrogen-bond donors (Lipinski definition) is 2. The number of fused-ring (bicyclic) bond motifs is 1. The summed E-state index contributed by atoms with van der Waals surface area (Å²) in [5, 5.41) is 14.9. The molecule has 1 saturated heterocycles. The summed E-state index contributed by atoms with van der Waals surface area (Å²) in [4.78, 5) is 39.9. The zero-order valence-corrected chi connectivity index (χ0v) is 21.7. The Kier molecular flexibility index (Phi) is 9.19. The first-order chi connectivity index (χ1) is 18.0. The van der Waals surface area contributed by atoms with Crippen molar-refractivity contribution in [1.82, 2.24) is 10.2 Å². The highest BCUT2D eigenvalue weighted by molar-refractivity contribution is 7.99. The smallest absolute Gasteiger partial charge is 0.323 e. The van der Waals surface area contributed by atoms with Gasteiger partial charge in [0.1, 0.15) is 12.6 Å². The monoisotopic (exact) mass is 520 g/mol. The number of carbonyl (C=O) groups excluding carboxylic acids is 2. The summed E-state index contributed by atoms with van der Waals surface area (Å²) in [5.74, 6) is -0.746. The fourth-order valence-corrected chi connectivity index (χ4v) is 5.96. The van der Waals surface area contributed by atoms with Crippen LogP contribution in [0.4, 0.5) is 0 Å². The first-order valence-electron chi connectivity index (χ1n) is 12.5. The van der Waals surface area contributed by atoms with Gasteiger partial charge in [0, 0.05) is 17.5 Å². The number of amides is 1. The van der Waals surface area contributed by atoms with Crippen LogP contribution in [-0.4, -0.2) is 70.6 Å². The Morgan fingerprint density at radius 3 is 2.54 bits per heavy atom. The maximum atomic E-state index is 13.7. The van der Waals surface area contributed by atoms with E-state index in [-0.39, 0.29) is 25.1 Å². The third-order valence-corrected chi connectivity index (χ3v) is 7.70. The van der Waals surface area contributed by atoms with Gasteiger partial charge in [0.05, 0.1) is 12.6 Å². The lowest BCUT2D eigenvalue weighted by atomic mass is 9.98. The molecule has 4 rings (SSSR count). The average Bonchev–Trinajstić information content (AvgIpc) is 3.03. The van der Waals surface area contributed by atoms with Gasteiger partial charge in [-0.1, -0.05) is 72.8 Å². The predicted molar refractivity (Wildman–Crippen MR) is 146 cm³/mol. The molecule has 3 aromatic carbocycles. The molecule has 1 amide bonds. The molecule has 7 nitrogen and oxygen atoms in total. The number of hydrogen-bond acceptors (Lipinski definition) is 6. The molecule has 0 aliphatic carbocycles. The molecule has 37 heavy (non-hydrogen) atoms. The molecule has 2 N–H and O–H groups in total. The van der Waals surface area contributed by atoms with Crippen molar-refractivity contribution in [3.63, 3.8) is 0 Å². The number of rotatable bonds is 10. The minimum Gasteiger partial charge on any atom is -0.480 e. The van der Waals surface area contributed by atoms with E-state index in [2.05, 4.69) is 5.32 Å². The van der Waals surface area contributed by atoms with Crippen molar-refractivity contribution in [1.29, 1.82) is 0 Å². The van der Waals surface area contributed by atoms with Crippen molar-refractivity contribution >= 4 is 40.4 Å². The van der Waals surface area contributed by atoms with Crippen LogP contribution in [0.1, 0.15) is 18.1 Å². The maximum absolute atomic E-state index is 13.7. The summed E-state index contributed by atoms with van der Waals surface area (Å²) in [7, 11) is 0. The van der Waals surface area contributed by atoms with Gasteiger partial charge in [0.2, 0.25) is 5.91 Å². The first kappa shape index (κ1) is 26.7. The quantitative estimate of drug-likeness (QED) is 0.395. The topological polar surface area (TPSA) is 95.9 Å². The van der Waals surface area contributed by atoms with Gasteiger partial charge in [-0.2, -0.15) is 11.8 Å². The van der Waals surface area contributed by atoms with Gasteiger partial charge in [0.15, 0.2) is 0 Å². The Hall–Kier alpha value is -3.36. The standard InChI is InChI=1S/C29H32N2O5S/c1-2-36-29(35)25(16-22-13-8-12-21-11-6-7-14-24(21)22)30-26-19-37-18-23(15-20-9-4-3-5-10-20)31(28(26)34)17-27(32)33/h3-14,23,25-26,30H,2,15-19H2,1H3,(H,32,33). The third-order valence-electron chi connectivity index (χ3n) is 6.51. The number of nitrogens with zero attached hydrogens (tertiary/aromatic N) is 1. The van der Waals surface area contributed by atoms with Crippen molar-refractivity contribution in [2.75, 3.05) is 24.7 Å². The third kappa shape index (κ3) is 6.90. The molecule has 3 aromatic rings. The molecule has 0 saturated carbocycles. The molecule has 1 fully saturated rings. The lowest BCUT2D eigenvalue weighted by Gasteiger charge is -2.31. The molecule has 0 radical (unpaired) electrons. The van der Waals surface area contributed by atoms with Crippen LogP contribution in [0.15, 0.2) is 72.8 Å². The SMILES string of the molecule is CCOC(=O)C(Cc1cccc2ccccc12)NC1CSCC(Cc2ccccc2)N(CC(=O)O)C1=O. The highest BCUT2D eigenvalue weighted by atomic mass is 32.2. The van der Waals surface area contributed by atoms with Crippen LogP contribution in [0.5, 0.6) is 0 Å². The number of ether oxygens (including phenoxy) is 1. The zero-order valence-electron chi connectivity index (χ0n) is 20.8. The summed E-state index contributed by atoms with van der Waals surface area (Å²) in [5.41, 5.74) is 2.02. The van der Waals surface area contributed by atoms with Crippen molar-refractivity contribution in [2.45, 2.75) is 37.9 Å². The summed E-state index contributed by atoms with van der Waals surface area (Å²) >= 11 is 1.59. The number of esters is 1. The van der Waals surface area contributed by atoms with Crippen molar-refractivity contribution < 1.29 is 24.2 Å². The molecule has 3 atom stereocenters. The van der Waals surface area contributed by atoms with Crippen molar-refractivity contribution in [3.05, 3.63) is 83.9 Å². The van der Waals surface area contributed by atoms with E-state index in [0.717, 1.165) is 21.9 Å². The van der Waals surface area contributed by atoms with Crippen LogP contribution in [0.25, 0.3) is 10.8 Å². The molecule has 1 heterocycles. The van der Waals surface area contributed by atoms with Crippen LogP contribution in [0.3, 0.4) is 0 Å². The van der Waals surface area contributed by atoms with Gasteiger partial charge < -0.3 is 14.7 Å². The van der Waals surface area contributed by atoms with Crippen molar-refractivity contribution in [3.8, 4) is 0 Å². The van der Waals surface area contributed by atoms with Crippen LogP contribution in [0, 0.1) is 0 Å². The fraction of sp³-hybridized carbons (Fsp3) is 0.345. The molecular weight excluding hydrogens is 488 g/mol. The van der Waals surface area contributed by atoms with E-state index >= 15 is 0 Å². The van der Waals surface area contributed by atoms with Gasteiger partial charge in [-0.25, -0.2) is 0 Å². The molecule has 1 aliphatic rings. The Morgan fingerprint density at radius 2 is 1.78 bits per heavy atom. The molecule has 1 aliphatic heterocycles. The second-order valence-corrected chi connectivity index (χ2v) is 10.2. The molecule has 0 aromatic heterocycles. The minimum atomic E-state index is -1.06. The summed E-state index contributed by atoms with van der Waals surface area (Å²) in [6, 6.07) is 22.0. The highest BCUT2D eigenvalue weighted by Gasteiger charge is 2.37. The molecule has 0 spiro atoms. The first-order valence-corrected chi connectivity index (χ1v) is 13.6. The van der Waals surface area contributed by atoms with E-state index in [1.165, 1.54) is 4.90 Å². The normalized spacial score (nSPS) is 18.8. The number of thioether (sulfide) groups is 1. The molecule has 8 heteroatoms. The van der Waals surface area contributed by atoms with Gasteiger partial charge in [0.25, 0.3) is 0 Å². The largest absolute Gasteiger partial charge is 0.480 e. The van der Waals surface area contributed by atoms with Crippen LogP contribution >= 0.6 is 11.8 Å².